The Morgan fingerprint density at radius 2 is 1.08 bits per heavy atom. The monoisotopic (exact) mass is 362 g/mol. The first-order chi connectivity index (χ1) is 12.2. The van der Waals surface area contributed by atoms with E-state index in [1.54, 1.807) is 0 Å². The summed E-state index contributed by atoms with van der Waals surface area (Å²) in [7, 11) is 0. The highest BCUT2D eigenvalue weighted by Crippen LogP contribution is 2.28. The first-order valence-electron chi connectivity index (χ1n) is 7.02. The average molecular weight is 362 g/mol. The van der Waals surface area contributed by atoms with Gasteiger partial charge in [0.05, 0.1) is 0 Å². The van der Waals surface area contributed by atoms with Crippen LogP contribution in [0.25, 0.3) is 0 Å². The third kappa shape index (κ3) is 8.93. The zero-order valence-electron chi connectivity index (χ0n) is 13.5. The normalized spacial score (nSPS) is 9.15. The molecule has 0 atom stereocenters. The Kier molecular flexibility index (Phi) is 10.3. The van der Waals surface area contributed by atoms with Gasteiger partial charge in [-0.3, -0.25) is 0 Å². The van der Waals surface area contributed by atoms with Gasteiger partial charge in [0.1, 0.15) is 6.61 Å². The third-order valence-corrected chi connectivity index (χ3v) is 2.73. The summed E-state index contributed by atoms with van der Waals surface area (Å²) in [6, 6.07) is 18.4. The third-order valence-electron chi connectivity index (χ3n) is 2.73. The van der Waals surface area contributed by atoms with Gasteiger partial charge in [-0.05, 0) is 0 Å². The average Bonchev–Trinajstić information content (AvgIpc) is 2.60. The Labute approximate surface area is 149 Å². The molecule has 8 nitrogen and oxygen atoms in total. The summed E-state index contributed by atoms with van der Waals surface area (Å²) in [6.45, 7) is -0.276. The van der Waals surface area contributed by atoms with Crippen molar-refractivity contribution in [2.45, 2.75) is 5.60 Å². The van der Waals surface area contributed by atoms with E-state index in [2.05, 4.69) is 11.8 Å². The van der Waals surface area contributed by atoms with Crippen molar-refractivity contribution in [2.75, 3.05) is 6.61 Å². The predicted octanol–water partition coefficient (Wildman–Crippen LogP) is 2.36. The van der Waals surface area contributed by atoms with Gasteiger partial charge < -0.3 is 30.6 Å². The molecule has 0 aliphatic carbocycles. The van der Waals surface area contributed by atoms with E-state index in [9.17, 15) is 5.11 Å². The molecule has 0 aliphatic rings. The second kappa shape index (κ2) is 11.9. The predicted molar refractivity (Wildman–Crippen MR) is 92.1 cm³/mol. The van der Waals surface area contributed by atoms with Gasteiger partial charge >= 0.3 is 12.3 Å². The Morgan fingerprint density at radius 1 is 0.769 bits per heavy atom. The van der Waals surface area contributed by atoms with Crippen molar-refractivity contribution in [3.63, 3.8) is 0 Å². The molecule has 0 fully saturated rings. The molecule has 0 spiro atoms. The molecule has 0 amide bonds. The fourth-order valence-corrected chi connectivity index (χ4v) is 1.84. The highest BCUT2D eigenvalue weighted by Gasteiger charge is 2.28. The molecule has 0 aliphatic heterocycles. The van der Waals surface area contributed by atoms with E-state index >= 15 is 0 Å². The van der Waals surface area contributed by atoms with Crippen LogP contribution in [0.1, 0.15) is 11.1 Å². The molecule has 6 N–H and O–H groups in total. The smallest absolute Gasteiger partial charge is 0.450 e. The van der Waals surface area contributed by atoms with Crippen LogP contribution in [0.15, 0.2) is 60.7 Å². The molecule has 0 saturated heterocycles. The van der Waals surface area contributed by atoms with Crippen molar-refractivity contribution < 1.29 is 40.2 Å². The molecule has 26 heavy (non-hydrogen) atoms. The van der Waals surface area contributed by atoms with Gasteiger partial charge in [0.2, 0.25) is 0 Å². The summed E-state index contributed by atoms with van der Waals surface area (Å²) in [5.74, 6) is 5.28. The molecular formula is C18H18O8. The topological polar surface area (TPSA) is 156 Å². The zero-order valence-corrected chi connectivity index (χ0v) is 13.5. The fourth-order valence-electron chi connectivity index (χ4n) is 1.84. The van der Waals surface area contributed by atoms with E-state index < -0.39 is 17.9 Å². The molecule has 2 rings (SSSR count). The van der Waals surface area contributed by atoms with Crippen LogP contribution in [0, 0.1) is 11.8 Å². The summed E-state index contributed by atoms with van der Waals surface area (Å²) >= 11 is 0. The lowest BCUT2D eigenvalue weighted by atomic mass is 9.87. The quantitative estimate of drug-likeness (QED) is 0.445. The fraction of sp³-hybridized carbons (Fsp3) is 0.111. The van der Waals surface area contributed by atoms with Crippen molar-refractivity contribution in [1.29, 1.82) is 0 Å². The van der Waals surface area contributed by atoms with E-state index in [1.165, 1.54) is 0 Å². The SMILES string of the molecule is O=C(O)O.O=C(O)O.OCC#CC(O)(c1ccccc1)c1ccccc1. The summed E-state index contributed by atoms with van der Waals surface area (Å²) in [4.78, 5) is 17.1. The largest absolute Gasteiger partial charge is 0.503 e. The number of hydrogen-bond acceptors (Lipinski definition) is 4. The van der Waals surface area contributed by atoms with Crippen molar-refractivity contribution in [3.8, 4) is 11.8 Å². The molecule has 138 valence electrons. The van der Waals surface area contributed by atoms with Crippen LogP contribution in [-0.4, -0.2) is 49.6 Å². The lowest BCUT2D eigenvalue weighted by molar-refractivity contribution is 0.135. The van der Waals surface area contributed by atoms with Gasteiger partial charge in [0, 0.05) is 11.1 Å². The molecule has 0 saturated carbocycles. The van der Waals surface area contributed by atoms with Crippen LogP contribution in [0.4, 0.5) is 9.59 Å². The minimum Gasteiger partial charge on any atom is -0.450 e. The van der Waals surface area contributed by atoms with Crippen molar-refractivity contribution >= 4 is 12.3 Å². The van der Waals surface area contributed by atoms with E-state index in [-0.39, 0.29) is 6.61 Å². The molecular weight excluding hydrogens is 344 g/mol. The number of hydrogen-bond donors (Lipinski definition) is 6. The van der Waals surface area contributed by atoms with Crippen LogP contribution in [0.2, 0.25) is 0 Å². The molecule has 2 aromatic rings. The van der Waals surface area contributed by atoms with Crippen LogP contribution in [0.5, 0.6) is 0 Å². The standard InChI is InChI=1S/C16H14O2.2CH2O3/c17-13-7-12-16(18,14-8-3-1-4-9-14)15-10-5-2-6-11-15;2*2-1(3)4/h1-6,8-11,17-18H,13H2;2*(H2,2,3,4). The summed E-state index contributed by atoms with van der Waals surface area (Å²) in [6.07, 6.45) is -3.67. The van der Waals surface area contributed by atoms with E-state index in [1.807, 2.05) is 60.7 Å². The lowest BCUT2D eigenvalue weighted by Crippen LogP contribution is -2.25. The molecule has 0 bridgehead atoms. The first-order valence-corrected chi connectivity index (χ1v) is 7.02. The Morgan fingerprint density at radius 3 is 1.35 bits per heavy atom. The first kappa shape index (κ1) is 22.5. The van der Waals surface area contributed by atoms with Gasteiger partial charge in [-0.2, -0.15) is 0 Å². The maximum atomic E-state index is 10.8. The van der Waals surface area contributed by atoms with Gasteiger partial charge in [-0.1, -0.05) is 72.5 Å². The zero-order chi connectivity index (χ0) is 20.0. The molecule has 8 heteroatoms. The van der Waals surface area contributed by atoms with Gasteiger partial charge in [0.15, 0.2) is 5.60 Å². The number of carboxylic acid groups (broad SMARTS) is 4. The second-order valence-corrected chi connectivity index (χ2v) is 4.47. The molecule has 0 heterocycles. The molecule has 0 radical (unpaired) electrons. The van der Waals surface area contributed by atoms with Crippen molar-refractivity contribution in [3.05, 3.63) is 71.8 Å². The highest BCUT2D eigenvalue weighted by atomic mass is 16.6. The molecule has 0 unspecified atom stereocenters. The minimum absolute atomic E-state index is 0.276. The molecule has 2 aromatic carbocycles. The Balaban J connectivity index is 0.000000662. The number of benzene rings is 2. The summed E-state index contributed by atoms with van der Waals surface area (Å²) < 4.78 is 0. The van der Waals surface area contributed by atoms with Crippen LogP contribution in [0.3, 0.4) is 0 Å². The van der Waals surface area contributed by atoms with Crippen molar-refractivity contribution in [1.82, 2.24) is 0 Å². The second-order valence-electron chi connectivity index (χ2n) is 4.47. The maximum absolute atomic E-state index is 10.8. The van der Waals surface area contributed by atoms with Gasteiger partial charge in [-0.15, -0.1) is 0 Å². The number of carbonyl (C=O) groups is 2. The summed E-state index contributed by atoms with van der Waals surface area (Å²) in [5, 5.41) is 47.5. The van der Waals surface area contributed by atoms with Gasteiger partial charge in [0.25, 0.3) is 0 Å². The van der Waals surface area contributed by atoms with E-state index in [0.717, 1.165) is 0 Å². The van der Waals surface area contributed by atoms with Crippen LogP contribution < -0.4 is 0 Å². The lowest BCUT2D eigenvalue weighted by Gasteiger charge is -2.23. The Hall–Kier alpha value is -3.54. The van der Waals surface area contributed by atoms with E-state index in [4.69, 9.17) is 35.1 Å². The van der Waals surface area contributed by atoms with Crippen LogP contribution in [-0.2, 0) is 5.60 Å². The van der Waals surface area contributed by atoms with Gasteiger partial charge in [-0.25, -0.2) is 9.59 Å². The molecule has 0 aromatic heterocycles. The Bertz CT molecular complexity index is 673. The minimum atomic E-state index is -1.83. The number of aliphatic hydroxyl groups excluding tert-OH is 1. The van der Waals surface area contributed by atoms with Crippen LogP contribution >= 0.6 is 0 Å². The number of rotatable bonds is 2. The summed E-state index contributed by atoms with van der Waals surface area (Å²) in [5.41, 5.74) is -0.0000694. The highest BCUT2D eigenvalue weighted by molar-refractivity contribution is 5.53. The number of aliphatic hydroxyl groups is 2. The van der Waals surface area contributed by atoms with E-state index in [0.29, 0.717) is 11.1 Å². The maximum Gasteiger partial charge on any atom is 0.503 e. The van der Waals surface area contributed by atoms with Crippen molar-refractivity contribution in [2.24, 2.45) is 0 Å².